The van der Waals surface area contributed by atoms with Gasteiger partial charge in [0.25, 0.3) is 0 Å². The van der Waals surface area contributed by atoms with Gasteiger partial charge in [-0.3, -0.25) is 4.79 Å². The molecule has 0 aliphatic rings. The van der Waals surface area contributed by atoms with Gasteiger partial charge in [0.15, 0.2) is 0 Å². The van der Waals surface area contributed by atoms with Crippen molar-refractivity contribution in [1.82, 2.24) is 5.32 Å². The Morgan fingerprint density at radius 3 is 1.92 bits per heavy atom. The molecule has 0 radical (unpaired) electrons. The summed E-state index contributed by atoms with van der Waals surface area (Å²) in [7, 11) is 0. The highest BCUT2D eigenvalue weighted by molar-refractivity contribution is 5.73. The molecule has 0 aromatic rings. The minimum Gasteiger partial charge on any atom is -0.354 e. The van der Waals surface area contributed by atoms with Crippen molar-refractivity contribution in [1.29, 1.82) is 0 Å². The Bertz CT molecular complexity index is 126. The zero-order chi connectivity index (χ0) is 10.1. The zero-order valence-electron chi connectivity index (χ0n) is 9.23. The minimum atomic E-state index is 0.109. The minimum absolute atomic E-state index is 0.109. The van der Waals surface area contributed by atoms with Crippen LogP contribution in [0.5, 0.6) is 0 Å². The number of hydrogen-bond acceptors (Lipinski definition) is 1. The smallest absolute Gasteiger partial charge is 0.217 e. The van der Waals surface area contributed by atoms with E-state index in [9.17, 15) is 4.79 Å². The molecule has 78 valence electrons. The van der Waals surface area contributed by atoms with E-state index in [4.69, 9.17) is 0 Å². The molecule has 0 rings (SSSR count). The second kappa shape index (κ2) is 8.09. The van der Waals surface area contributed by atoms with E-state index in [1.165, 1.54) is 25.7 Å². The van der Waals surface area contributed by atoms with Crippen molar-refractivity contribution in [3.63, 3.8) is 0 Å². The number of amides is 1. The normalized spacial score (nSPS) is 10.5. The SMILES string of the molecule is CCCCC(CCCC)NC(C)=O. The maximum Gasteiger partial charge on any atom is 0.217 e. The Morgan fingerprint density at radius 2 is 1.62 bits per heavy atom. The Hall–Kier alpha value is -0.530. The lowest BCUT2D eigenvalue weighted by Gasteiger charge is -2.16. The molecule has 0 saturated heterocycles. The van der Waals surface area contributed by atoms with Crippen molar-refractivity contribution in [2.45, 2.75) is 65.3 Å². The molecule has 1 amide bonds. The highest BCUT2D eigenvalue weighted by atomic mass is 16.1. The Balaban J connectivity index is 3.66. The summed E-state index contributed by atoms with van der Waals surface area (Å²) < 4.78 is 0. The second-order valence-corrected chi connectivity index (χ2v) is 3.68. The maximum absolute atomic E-state index is 10.9. The summed E-state index contributed by atoms with van der Waals surface area (Å²) in [5, 5.41) is 3.01. The van der Waals surface area contributed by atoms with E-state index in [-0.39, 0.29) is 5.91 Å². The average Bonchev–Trinajstić information content (AvgIpc) is 2.09. The van der Waals surface area contributed by atoms with Crippen LogP contribution in [-0.4, -0.2) is 11.9 Å². The van der Waals surface area contributed by atoms with Crippen LogP contribution >= 0.6 is 0 Å². The second-order valence-electron chi connectivity index (χ2n) is 3.68. The van der Waals surface area contributed by atoms with Gasteiger partial charge in [0, 0.05) is 13.0 Å². The van der Waals surface area contributed by atoms with Crippen LogP contribution in [0.2, 0.25) is 0 Å². The van der Waals surface area contributed by atoms with E-state index >= 15 is 0 Å². The molecule has 2 heteroatoms. The lowest BCUT2D eigenvalue weighted by molar-refractivity contribution is -0.119. The molecular weight excluding hydrogens is 162 g/mol. The molecule has 0 atom stereocenters. The van der Waals surface area contributed by atoms with Gasteiger partial charge in [0.05, 0.1) is 0 Å². The first-order chi connectivity index (χ1) is 6.20. The van der Waals surface area contributed by atoms with Crippen LogP contribution in [0.1, 0.15) is 59.3 Å². The van der Waals surface area contributed by atoms with Crippen LogP contribution in [-0.2, 0) is 4.79 Å². The lowest BCUT2D eigenvalue weighted by atomic mass is 10.0. The molecule has 0 heterocycles. The van der Waals surface area contributed by atoms with Crippen molar-refractivity contribution >= 4 is 5.91 Å². The summed E-state index contributed by atoms with van der Waals surface area (Å²) in [4.78, 5) is 10.9. The Morgan fingerprint density at radius 1 is 1.15 bits per heavy atom. The summed E-state index contributed by atoms with van der Waals surface area (Å²) in [6.07, 6.45) is 7.12. The van der Waals surface area contributed by atoms with Crippen LogP contribution in [0.4, 0.5) is 0 Å². The summed E-state index contributed by atoms with van der Waals surface area (Å²) in [6, 6.07) is 0.414. The largest absolute Gasteiger partial charge is 0.354 e. The van der Waals surface area contributed by atoms with Gasteiger partial charge in [-0.15, -0.1) is 0 Å². The van der Waals surface area contributed by atoms with E-state index in [1.807, 2.05) is 0 Å². The summed E-state index contributed by atoms with van der Waals surface area (Å²) >= 11 is 0. The molecule has 0 fully saturated rings. The van der Waals surface area contributed by atoms with E-state index < -0.39 is 0 Å². The number of nitrogens with one attached hydrogen (secondary N) is 1. The number of carbonyl (C=O) groups is 1. The van der Waals surface area contributed by atoms with Crippen LogP contribution in [0, 0.1) is 0 Å². The first kappa shape index (κ1) is 12.5. The van der Waals surface area contributed by atoms with Gasteiger partial charge in [-0.2, -0.15) is 0 Å². The molecule has 0 aliphatic heterocycles. The number of hydrogen-bond donors (Lipinski definition) is 1. The summed E-state index contributed by atoms with van der Waals surface area (Å²) in [5.74, 6) is 0.109. The van der Waals surface area contributed by atoms with Gasteiger partial charge in [-0.25, -0.2) is 0 Å². The monoisotopic (exact) mass is 185 g/mol. The molecule has 0 aromatic carbocycles. The van der Waals surface area contributed by atoms with Crippen LogP contribution in [0.3, 0.4) is 0 Å². The predicted octanol–water partition coefficient (Wildman–Crippen LogP) is 2.87. The molecule has 0 bridgehead atoms. The fraction of sp³-hybridized carbons (Fsp3) is 0.909. The molecule has 0 saturated carbocycles. The number of unbranched alkanes of at least 4 members (excludes halogenated alkanes) is 2. The number of rotatable bonds is 7. The fourth-order valence-corrected chi connectivity index (χ4v) is 1.48. The maximum atomic E-state index is 10.9. The van der Waals surface area contributed by atoms with Gasteiger partial charge >= 0.3 is 0 Å². The van der Waals surface area contributed by atoms with E-state index in [0.717, 1.165) is 12.8 Å². The highest BCUT2D eigenvalue weighted by Gasteiger charge is 2.07. The van der Waals surface area contributed by atoms with E-state index in [1.54, 1.807) is 6.92 Å². The highest BCUT2D eigenvalue weighted by Crippen LogP contribution is 2.08. The first-order valence-electron chi connectivity index (χ1n) is 5.47. The van der Waals surface area contributed by atoms with Gasteiger partial charge < -0.3 is 5.32 Å². The zero-order valence-corrected chi connectivity index (χ0v) is 9.23. The van der Waals surface area contributed by atoms with E-state index in [2.05, 4.69) is 19.2 Å². The standard InChI is InChI=1S/C11H23NO/c1-4-6-8-11(9-7-5-2)12-10(3)13/h11H,4-9H2,1-3H3,(H,12,13). The van der Waals surface area contributed by atoms with Gasteiger partial charge in [0.1, 0.15) is 0 Å². The molecular formula is C11H23NO. The van der Waals surface area contributed by atoms with Crippen LogP contribution in [0.15, 0.2) is 0 Å². The van der Waals surface area contributed by atoms with Crippen molar-refractivity contribution in [2.24, 2.45) is 0 Å². The molecule has 0 unspecified atom stereocenters. The third kappa shape index (κ3) is 7.82. The topological polar surface area (TPSA) is 29.1 Å². The molecule has 13 heavy (non-hydrogen) atoms. The predicted molar refractivity (Wildman–Crippen MR) is 56.7 cm³/mol. The summed E-state index contributed by atoms with van der Waals surface area (Å²) in [5.41, 5.74) is 0. The Kier molecular flexibility index (Phi) is 7.76. The van der Waals surface area contributed by atoms with Gasteiger partial charge in [-0.1, -0.05) is 39.5 Å². The first-order valence-corrected chi connectivity index (χ1v) is 5.47. The summed E-state index contributed by atoms with van der Waals surface area (Å²) in [6.45, 7) is 5.97. The van der Waals surface area contributed by atoms with Crippen molar-refractivity contribution in [3.8, 4) is 0 Å². The van der Waals surface area contributed by atoms with Gasteiger partial charge in [-0.05, 0) is 12.8 Å². The van der Waals surface area contributed by atoms with Crippen molar-refractivity contribution in [2.75, 3.05) is 0 Å². The fourth-order valence-electron chi connectivity index (χ4n) is 1.48. The molecule has 2 nitrogen and oxygen atoms in total. The average molecular weight is 185 g/mol. The number of carbonyl (C=O) groups excluding carboxylic acids is 1. The van der Waals surface area contributed by atoms with Crippen LogP contribution < -0.4 is 5.32 Å². The molecule has 1 N–H and O–H groups in total. The quantitative estimate of drug-likeness (QED) is 0.649. The third-order valence-corrected chi connectivity index (χ3v) is 2.22. The molecule has 0 aliphatic carbocycles. The van der Waals surface area contributed by atoms with E-state index in [0.29, 0.717) is 6.04 Å². The van der Waals surface area contributed by atoms with Crippen LogP contribution in [0.25, 0.3) is 0 Å². The van der Waals surface area contributed by atoms with Gasteiger partial charge in [0.2, 0.25) is 5.91 Å². The van der Waals surface area contributed by atoms with Crippen molar-refractivity contribution < 1.29 is 4.79 Å². The third-order valence-electron chi connectivity index (χ3n) is 2.22. The molecule has 0 aromatic heterocycles. The van der Waals surface area contributed by atoms with Crippen molar-refractivity contribution in [3.05, 3.63) is 0 Å². The lowest BCUT2D eigenvalue weighted by Crippen LogP contribution is -2.32. The molecule has 0 spiro atoms. The Labute approximate surface area is 82.1 Å².